The molecule has 168 valence electrons. The number of benzene rings is 2. The van der Waals surface area contributed by atoms with Gasteiger partial charge < -0.3 is 10.1 Å². The van der Waals surface area contributed by atoms with Crippen LogP contribution < -0.4 is 5.32 Å². The largest absolute Gasteiger partial charge is 0.463 e. The number of dihydropyridines is 1. The summed E-state index contributed by atoms with van der Waals surface area (Å²) in [6.07, 6.45) is 1.82. The summed E-state index contributed by atoms with van der Waals surface area (Å²) in [4.78, 5) is 13.5. The predicted octanol–water partition coefficient (Wildman–Crippen LogP) is 5.46. The van der Waals surface area contributed by atoms with Crippen LogP contribution in [0.4, 0.5) is 0 Å². The van der Waals surface area contributed by atoms with Crippen molar-refractivity contribution >= 4 is 44.7 Å². The lowest BCUT2D eigenvalue weighted by molar-refractivity contribution is -0.138. The Bertz CT molecular complexity index is 1220. The highest BCUT2D eigenvalue weighted by Gasteiger charge is 2.43. The highest BCUT2D eigenvalue weighted by Crippen LogP contribution is 2.48. The molecule has 2 aromatic rings. The number of carbonyl (C=O) groups excluding carboxylic acids is 1. The molecule has 32 heavy (non-hydrogen) atoms. The number of nitrogens with one attached hydrogen (secondary N) is 1. The summed E-state index contributed by atoms with van der Waals surface area (Å²) < 4.78 is 32.3. The predicted molar refractivity (Wildman–Crippen MR) is 127 cm³/mol. The molecule has 0 bridgehead atoms. The lowest BCUT2D eigenvalue weighted by Gasteiger charge is -2.33. The Morgan fingerprint density at radius 3 is 2.56 bits per heavy atom. The molecule has 0 aliphatic carbocycles. The van der Waals surface area contributed by atoms with Gasteiger partial charge in [0.1, 0.15) is 0 Å². The molecule has 0 spiro atoms. The van der Waals surface area contributed by atoms with Crippen LogP contribution in [0, 0.1) is 0 Å². The van der Waals surface area contributed by atoms with E-state index in [4.69, 9.17) is 27.9 Å². The van der Waals surface area contributed by atoms with E-state index in [2.05, 4.69) is 5.32 Å². The van der Waals surface area contributed by atoms with Crippen LogP contribution in [0.15, 0.2) is 64.7 Å². The number of ether oxygens (including phenoxy) is 1. The molecule has 2 heterocycles. The highest BCUT2D eigenvalue weighted by atomic mass is 35.5. The maximum absolute atomic E-state index is 13.4. The molecule has 0 amide bonds. The molecule has 1 unspecified atom stereocenters. The van der Waals surface area contributed by atoms with Crippen molar-refractivity contribution in [2.45, 2.75) is 32.1 Å². The van der Waals surface area contributed by atoms with Gasteiger partial charge in [-0.3, -0.25) is 0 Å². The molecule has 0 fully saturated rings. The Hall–Kier alpha value is -2.28. The molecule has 2 aromatic carbocycles. The number of hydrogen-bond donors (Lipinski definition) is 1. The van der Waals surface area contributed by atoms with Crippen molar-refractivity contribution in [2.75, 3.05) is 12.4 Å². The van der Waals surface area contributed by atoms with Crippen LogP contribution in [0.3, 0.4) is 0 Å². The molecule has 0 radical (unpaired) electrons. The molecule has 4 rings (SSSR count). The van der Waals surface area contributed by atoms with Crippen molar-refractivity contribution in [1.82, 2.24) is 5.32 Å². The molecular formula is C24H23Cl2NO4S. The van der Waals surface area contributed by atoms with Gasteiger partial charge in [-0.2, -0.15) is 0 Å². The summed E-state index contributed by atoms with van der Waals surface area (Å²) in [5.41, 5.74) is 2.56. The molecule has 1 N–H and O–H groups in total. The first-order valence-electron chi connectivity index (χ1n) is 10.5. The van der Waals surface area contributed by atoms with E-state index in [1.54, 1.807) is 25.1 Å². The monoisotopic (exact) mass is 491 g/mol. The minimum atomic E-state index is -3.66. The van der Waals surface area contributed by atoms with Gasteiger partial charge in [0.25, 0.3) is 0 Å². The van der Waals surface area contributed by atoms with Gasteiger partial charge in [0.2, 0.25) is 0 Å². The number of rotatable bonds is 4. The van der Waals surface area contributed by atoms with E-state index in [1.807, 2.05) is 30.3 Å². The van der Waals surface area contributed by atoms with E-state index < -0.39 is 21.7 Å². The minimum Gasteiger partial charge on any atom is -0.463 e. The summed E-state index contributed by atoms with van der Waals surface area (Å²) >= 11 is 12.9. The third kappa shape index (κ3) is 4.19. The molecule has 5 nitrogen and oxygen atoms in total. The van der Waals surface area contributed by atoms with Gasteiger partial charge in [0.15, 0.2) is 9.84 Å². The van der Waals surface area contributed by atoms with E-state index in [0.29, 0.717) is 34.8 Å². The third-order valence-electron chi connectivity index (χ3n) is 5.67. The van der Waals surface area contributed by atoms with E-state index >= 15 is 0 Å². The van der Waals surface area contributed by atoms with Crippen molar-refractivity contribution < 1.29 is 17.9 Å². The zero-order valence-electron chi connectivity index (χ0n) is 17.5. The number of halogens is 2. The quantitative estimate of drug-likeness (QED) is 0.574. The number of carbonyl (C=O) groups is 1. The Morgan fingerprint density at radius 1 is 1.09 bits per heavy atom. The van der Waals surface area contributed by atoms with E-state index in [0.717, 1.165) is 12.0 Å². The first-order chi connectivity index (χ1) is 15.3. The summed E-state index contributed by atoms with van der Waals surface area (Å²) in [5.74, 6) is -1.50. The third-order valence-corrected chi connectivity index (χ3v) is 8.48. The standard InChI is InChI=1S/C24H23Cl2NO4S/c1-2-31-24(28)20-19(16-11-8-12-17(25)21(16)26)23-18(13-6-7-14-32(23,29)30)27-22(20)15-9-4-3-5-10-15/h3-5,8-12,19,27H,2,6-7,13-14H2,1H3. The lowest BCUT2D eigenvalue weighted by Crippen LogP contribution is -2.33. The van der Waals surface area contributed by atoms with Crippen LogP contribution in [0.5, 0.6) is 0 Å². The van der Waals surface area contributed by atoms with Gasteiger partial charge in [-0.15, -0.1) is 0 Å². The molecular weight excluding hydrogens is 469 g/mol. The van der Waals surface area contributed by atoms with Crippen LogP contribution in [0.2, 0.25) is 10.0 Å². The Labute approximate surface area is 198 Å². The number of sulfone groups is 1. The molecule has 1 atom stereocenters. The average Bonchev–Trinajstić information content (AvgIpc) is 2.93. The number of allylic oxidation sites excluding steroid dienone is 2. The summed E-state index contributed by atoms with van der Waals surface area (Å²) in [5, 5.41) is 3.81. The maximum atomic E-state index is 13.4. The zero-order valence-corrected chi connectivity index (χ0v) is 19.9. The lowest BCUT2D eigenvalue weighted by atomic mass is 9.84. The number of hydrogen-bond acceptors (Lipinski definition) is 5. The van der Waals surface area contributed by atoms with Gasteiger partial charge in [-0.05, 0) is 43.4 Å². The Kier molecular flexibility index (Phi) is 6.65. The molecule has 0 saturated heterocycles. The fourth-order valence-corrected chi connectivity index (χ4v) is 6.64. The Morgan fingerprint density at radius 2 is 1.84 bits per heavy atom. The van der Waals surface area contributed by atoms with Gasteiger partial charge >= 0.3 is 5.97 Å². The van der Waals surface area contributed by atoms with E-state index in [-0.39, 0.29) is 27.9 Å². The smallest absolute Gasteiger partial charge is 0.337 e. The number of esters is 1. The van der Waals surface area contributed by atoms with Crippen molar-refractivity contribution in [3.8, 4) is 0 Å². The van der Waals surface area contributed by atoms with E-state index in [9.17, 15) is 13.2 Å². The summed E-state index contributed by atoms with van der Waals surface area (Å²) in [6, 6.07) is 14.4. The molecule has 8 heteroatoms. The summed E-state index contributed by atoms with van der Waals surface area (Å²) in [6.45, 7) is 1.87. The van der Waals surface area contributed by atoms with Crippen LogP contribution >= 0.6 is 23.2 Å². The second kappa shape index (κ2) is 9.30. The SMILES string of the molecule is CCOC(=O)C1=C(c2ccccc2)NC2=C(C1c1cccc(Cl)c1Cl)S(=O)(=O)CCCC2. The average molecular weight is 492 g/mol. The summed E-state index contributed by atoms with van der Waals surface area (Å²) in [7, 11) is -3.66. The van der Waals surface area contributed by atoms with E-state index in [1.165, 1.54) is 0 Å². The molecule has 2 aliphatic heterocycles. The molecule has 0 aromatic heterocycles. The fourth-order valence-electron chi connectivity index (χ4n) is 4.29. The van der Waals surface area contributed by atoms with Crippen LogP contribution in [-0.4, -0.2) is 26.7 Å². The maximum Gasteiger partial charge on any atom is 0.337 e. The molecule has 0 saturated carbocycles. The van der Waals surface area contributed by atoms with Gasteiger partial charge in [-0.1, -0.05) is 65.7 Å². The van der Waals surface area contributed by atoms with Crippen molar-refractivity contribution in [3.63, 3.8) is 0 Å². The minimum absolute atomic E-state index is 0.0129. The first kappa shape index (κ1) is 22.9. The topological polar surface area (TPSA) is 72.5 Å². The van der Waals surface area contributed by atoms with Gasteiger partial charge in [0, 0.05) is 5.70 Å². The first-order valence-corrected chi connectivity index (χ1v) is 12.9. The van der Waals surface area contributed by atoms with Gasteiger partial charge in [-0.25, -0.2) is 13.2 Å². The van der Waals surface area contributed by atoms with Crippen molar-refractivity contribution in [1.29, 1.82) is 0 Å². The van der Waals surface area contributed by atoms with Gasteiger partial charge in [0.05, 0.1) is 44.5 Å². The van der Waals surface area contributed by atoms with Crippen molar-refractivity contribution in [3.05, 3.63) is 85.9 Å². The highest BCUT2D eigenvalue weighted by molar-refractivity contribution is 7.95. The van der Waals surface area contributed by atoms with Crippen LogP contribution in [0.25, 0.3) is 5.70 Å². The van der Waals surface area contributed by atoms with Crippen LogP contribution in [-0.2, 0) is 19.4 Å². The second-order valence-electron chi connectivity index (χ2n) is 7.70. The molecule has 2 aliphatic rings. The normalized spacial score (nSPS) is 20.3. The zero-order chi connectivity index (χ0) is 22.9. The van der Waals surface area contributed by atoms with Crippen LogP contribution in [0.1, 0.15) is 43.2 Å². The fraction of sp³-hybridized carbons (Fsp3) is 0.292. The second-order valence-corrected chi connectivity index (χ2v) is 10.6. The van der Waals surface area contributed by atoms with Crippen molar-refractivity contribution in [2.24, 2.45) is 0 Å². The Balaban J connectivity index is 2.07.